The lowest BCUT2D eigenvalue weighted by molar-refractivity contribution is 0.0286. The number of benzene rings is 1. The van der Waals surface area contributed by atoms with Crippen LogP contribution in [0.1, 0.15) is 26.3 Å². The van der Waals surface area contributed by atoms with Gasteiger partial charge in [0, 0.05) is 31.2 Å². The number of ether oxygens (including phenoxy) is 1. The van der Waals surface area contributed by atoms with Crippen LogP contribution in [0, 0.1) is 5.82 Å². The topological polar surface area (TPSA) is 32.8 Å². The van der Waals surface area contributed by atoms with Crippen molar-refractivity contribution in [2.75, 3.05) is 27.2 Å². The highest BCUT2D eigenvalue weighted by Crippen LogP contribution is 2.19. The largest absolute Gasteiger partial charge is 0.444 e. The highest BCUT2D eigenvalue weighted by atomic mass is 79.9. The van der Waals surface area contributed by atoms with E-state index in [4.69, 9.17) is 4.74 Å². The number of hydrogen-bond donors (Lipinski definition) is 0. The molecule has 0 heterocycles. The van der Waals surface area contributed by atoms with Gasteiger partial charge in [-0.05, 0) is 45.5 Å². The highest BCUT2D eigenvalue weighted by molar-refractivity contribution is 9.10. The molecule has 0 unspecified atom stereocenters. The predicted octanol–water partition coefficient (Wildman–Crippen LogP) is 3.89. The Morgan fingerprint density at radius 1 is 1.27 bits per heavy atom. The van der Waals surface area contributed by atoms with E-state index in [1.54, 1.807) is 18.0 Å². The van der Waals surface area contributed by atoms with Gasteiger partial charge < -0.3 is 14.5 Å². The zero-order valence-corrected chi connectivity index (χ0v) is 15.4. The van der Waals surface area contributed by atoms with Gasteiger partial charge in [-0.3, -0.25) is 0 Å². The monoisotopic (exact) mass is 374 g/mol. The summed E-state index contributed by atoms with van der Waals surface area (Å²) >= 11 is 3.36. The van der Waals surface area contributed by atoms with Crippen molar-refractivity contribution in [3.05, 3.63) is 34.1 Å². The fraction of sp³-hybridized carbons (Fsp3) is 0.562. The first-order valence-electron chi connectivity index (χ1n) is 7.15. The molecule has 1 aromatic carbocycles. The molecule has 6 heteroatoms. The summed E-state index contributed by atoms with van der Waals surface area (Å²) in [7, 11) is 3.68. The molecule has 124 valence electrons. The van der Waals surface area contributed by atoms with E-state index in [-0.39, 0.29) is 11.9 Å². The number of carbonyl (C=O) groups is 1. The van der Waals surface area contributed by atoms with Crippen LogP contribution in [0.25, 0.3) is 0 Å². The highest BCUT2D eigenvalue weighted by Gasteiger charge is 2.19. The first-order valence-corrected chi connectivity index (χ1v) is 7.94. The summed E-state index contributed by atoms with van der Waals surface area (Å²) < 4.78 is 19.1. The fourth-order valence-corrected chi connectivity index (χ4v) is 2.25. The molecule has 1 aromatic rings. The average molecular weight is 375 g/mol. The molecule has 0 bridgehead atoms. The molecule has 0 aromatic heterocycles. The Bertz CT molecular complexity index is 517. The first kappa shape index (κ1) is 18.9. The summed E-state index contributed by atoms with van der Waals surface area (Å²) in [4.78, 5) is 15.5. The standard InChI is InChI=1S/C16H24BrFN2O2/c1-16(2,3)22-15(21)20(5)9-8-19(4)11-12-6-7-13(18)10-14(12)17/h6-7,10H,8-9,11H2,1-5H3. The molecule has 0 atom stereocenters. The molecule has 0 aliphatic carbocycles. The van der Waals surface area contributed by atoms with Gasteiger partial charge >= 0.3 is 6.09 Å². The van der Waals surface area contributed by atoms with Crippen molar-refractivity contribution in [3.8, 4) is 0 Å². The smallest absolute Gasteiger partial charge is 0.410 e. The number of hydrogen-bond acceptors (Lipinski definition) is 3. The van der Waals surface area contributed by atoms with Crippen LogP contribution in [0.2, 0.25) is 0 Å². The van der Waals surface area contributed by atoms with E-state index in [9.17, 15) is 9.18 Å². The van der Waals surface area contributed by atoms with Gasteiger partial charge in [0.15, 0.2) is 0 Å². The zero-order valence-electron chi connectivity index (χ0n) is 13.8. The van der Waals surface area contributed by atoms with E-state index >= 15 is 0 Å². The second-order valence-electron chi connectivity index (χ2n) is 6.38. The molecular formula is C16H24BrFN2O2. The van der Waals surface area contributed by atoms with Crippen LogP contribution < -0.4 is 0 Å². The summed E-state index contributed by atoms with van der Waals surface area (Å²) in [5, 5.41) is 0. The maximum Gasteiger partial charge on any atom is 0.410 e. The lowest BCUT2D eigenvalue weighted by Crippen LogP contribution is -2.38. The van der Waals surface area contributed by atoms with E-state index in [2.05, 4.69) is 20.8 Å². The van der Waals surface area contributed by atoms with Crippen LogP contribution in [0.15, 0.2) is 22.7 Å². The molecule has 1 amide bonds. The van der Waals surface area contributed by atoms with Crippen molar-refractivity contribution in [1.82, 2.24) is 9.80 Å². The van der Waals surface area contributed by atoms with Crippen molar-refractivity contribution in [2.45, 2.75) is 32.9 Å². The number of carbonyl (C=O) groups excluding carboxylic acids is 1. The molecule has 0 fully saturated rings. The van der Waals surface area contributed by atoms with Crippen molar-refractivity contribution in [2.24, 2.45) is 0 Å². The van der Waals surface area contributed by atoms with Crippen LogP contribution in [0.3, 0.4) is 0 Å². The summed E-state index contributed by atoms with van der Waals surface area (Å²) in [5.74, 6) is -0.261. The van der Waals surface area contributed by atoms with Crippen molar-refractivity contribution < 1.29 is 13.9 Å². The van der Waals surface area contributed by atoms with E-state index in [1.807, 2.05) is 27.8 Å². The Kier molecular flexibility index (Phi) is 6.81. The SMILES string of the molecule is CN(CCN(C)C(=O)OC(C)(C)C)Cc1ccc(F)cc1Br. The van der Waals surface area contributed by atoms with Gasteiger partial charge in [-0.1, -0.05) is 22.0 Å². The Morgan fingerprint density at radius 2 is 1.91 bits per heavy atom. The number of halogens is 2. The van der Waals surface area contributed by atoms with E-state index in [0.717, 1.165) is 10.0 Å². The molecular weight excluding hydrogens is 351 g/mol. The van der Waals surface area contributed by atoms with Crippen molar-refractivity contribution in [3.63, 3.8) is 0 Å². The number of nitrogens with zero attached hydrogens (tertiary/aromatic N) is 2. The molecule has 0 saturated carbocycles. The first-order chi connectivity index (χ1) is 10.1. The molecule has 0 spiro atoms. The average Bonchev–Trinajstić information content (AvgIpc) is 2.37. The summed E-state index contributed by atoms with van der Waals surface area (Å²) in [6, 6.07) is 4.66. The van der Waals surface area contributed by atoms with E-state index < -0.39 is 5.60 Å². The number of amides is 1. The molecule has 0 aliphatic rings. The van der Waals surface area contributed by atoms with Crippen LogP contribution in [0.4, 0.5) is 9.18 Å². The second kappa shape index (κ2) is 7.92. The van der Waals surface area contributed by atoms with Crippen LogP contribution in [-0.2, 0) is 11.3 Å². The summed E-state index contributed by atoms with van der Waals surface area (Å²) in [6.07, 6.45) is -0.330. The maximum atomic E-state index is 13.1. The van der Waals surface area contributed by atoms with Gasteiger partial charge in [0.1, 0.15) is 11.4 Å². The molecule has 0 radical (unpaired) electrons. The molecule has 0 aliphatic heterocycles. The van der Waals surface area contributed by atoms with Crippen molar-refractivity contribution in [1.29, 1.82) is 0 Å². The second-order valence-corrected chi connectivity index (χ2v) is 7.23. The minimum Gasteiger partial charge on any atom is -0.444 e. The molecule has 4 nitrogen and oxygen atoms in total. The van der Waals surface area contributed by atoms with Gasteiger partial charge in [-0.15, -0.1) is 0 Å². The Balaban J connectivity index is 2.45. The van der Waals surface area contributed by atoms with Gasteiger partial charge in [0.05, 0.1) is 0 Å². The number of rotatable bonds is 5. The molecule has 1 rings (SSSR count). The van der Waals surface area contributed by atoms with E-state index in [0.29, 0.717) is 19.6 Å². The van der Waals surface area contributed by atoms with E-state index in [1.165, 1.54) is 12.1 Å². The fourth-order valence-electron chi connectivity index (χ4n) is 1.77. The predicted molar refractivity (Wildman–Crippen MR) is 89.3 cm³/mol. The van der Waals surface area contributed by atoms with Crippen LogP contribution in [-0.4, -0.2) is 48.7 Å². The normalized spacial score (nSPS) is 11.6. The zero-order chi connectivity index (χ0) is 16.9. The van der Waals surface area contributed by atoms with Crippen LogP contribution in [0.5, 0.6) is 0 Å². The molecule has 0 N–H and O–H groups in total. The third kappa shape index (κ3) is 6.75. The van der Waals surface area contributed by atoms with Gasteiger partial charge in [-0.2, -0.15) is 0 Å². The lowest BCUT2D eigenvalue weighted by Gasteiger charge is -2.26. The molecule has 22 heavy (non-hydrogen) atoms. The molecule has 0 saturated heterocycles. The lowest BCUT2D eigenvalue weighted by atomic mass is 10.2. The quantitative estimate of drug-likeness (QED) is 0.783. The van der Waals surface area contributed by atoms with Gasteiger partial charge in [-0.25, -0.2) is 9.18 Å². The van der Waals surface area contributed by atoms with Gasteiger partial charge in [0.2, 0.25) is 0 Å². The Morgan fingerprint density at radius 3 is 2.45 bits per heavy atom. The Labute approximate surface area is 140 Å². The van der Waals surface area contributed by atoms with Crippen molar-refractivity contribution >= 4 is 22.0 Å². The minimum atomic E-state index is -0.490. The Hall–Kier alpha value is -1.14. The maximum absolute atomic E-state index is 13.1. The minimum absolute atomic E-state index is 0.261. The summed E-state index contributed by atoms with van der Waals surface area (Å²) in [5.41, 5.74) is 0.514. The van der Waals surface area contributed by atoms with Crippen LogP contribution >= 0.6 is 15.9 Å². The summed E-state index contributed by atoms with van der Waals surface area (Å²) in [6.45, 7) is 7.46. The third-order valence-corrected chi connectivity index (χ3v) is 3.72. The third-order valence-electron chi connectivity index (χ3n) is 2.98. The number of likely N-dealkylation sites (N-methyl/N-ethyl adjacent to an activating group) is 2. The van der Waals surface area contributed by atoms with Gasteiger partial charge in [0.25, 0.3) is 0 Å².